The summed E-state index contributed by atoms with van der Waals surface area (Å²) < 4.78 is 0. The van der Waals surface area contributed by atoms with Crippen LogP contribution in [0.3, 0.4) is 0 Å². The average molecular weight is 625 g/mol. The molecule has 42 heavy (non-hydrogen) atoms. The number of anilines is 2. The second-order valence-corrected chi connectivity index (χ2v) is 9.01. The fourth-order valence-electron chi connectivity index (χ4n) is 2.69. The molecule has 14 heteroatoms. The van der Waals surface area contributed by atoms with Gasteiger partial charge in [-0.3, -0.25) is 0 Å². The van der Waals surface area contributed by atoms with Crippen molar-refractivity contribution in [1.29, 1.82) is 0 Å². The molecule has 2 heterocycles. The highest BCUT2D eigenvalue weighted by Gasteiger charge is 2.09. The number of benzene rings is 2. The molecular weight excluding hydrogens is 591 g/mol. The van der Waals surface area contributed by atoms with Gasteiger partial charge in [0.1, 0.15) is 5.15 Å². The maximum Gasteiger partial charge on any atom is 0.488 e. The fraction of sp³-hybridized carbons (Fsp3) is 0.214. The number of terminal acetylenes is 1. The van der Waals surface area contributed by atoms with Crippen LogP contribution < -0.4 is 15.3 Å². The van der Waals surface area contributed by atoms with E-state index in [1.165, 1.54) is 6.20 Å². The van der Waals surface area contributed by atoms with E-state index < -0.39 is 7.12 Å². The van der Waals surface area contributed by atoms with Gasteiger partial charge >= 0.3 is 7.12 Å². The third kappa shape index (κ3) is 16.9. The maximum absolute atomic E-state index is 8.80. The molecule has 0 unspecified atom stereocenters. The minimum Gasteiger partial charge on any atom is -0.423 e. The topological polar surface area (TPSA) is 98.5 Å². The van der Waals surface area contributed by atoms with E-state index in [0.29, 0.717) is 10.6 Å². The zero-order valence-corrected chi connectivity index (χ0v) is 25.7. The molecule has 0 atom stereocenters. The van der Waals surface area contributed by atoms with Crippen molar-refractivity contribution in [2.24, 2.45) is 0 Å². The summed E-state index contributed by atoms with van der Waals surface area (Å²) in [7, 11) is 14.5. The number of halogens is 3. The van der Waals surface area contributed by atoms with Crippen LogP contribution in [0.1, 0.15) is 14.4 Å². The van der Waals surface area contributed by atoms with Crippen molar-refractivity contribution in [2.75, 3.05) is 38.0 Å². The van der Waals surface area contributed by atoms with Crippen molar-refractivity contribution in [2.45, 2.75) is 14.4 Å². The molecule has 0 spiro atoms. The van der Waals surface area contributed by atoms with Gasteiger partial charge in [0.25, 0.3) is 0 Å². The molecule has 0 fully saturated rings. The van der Waals surface area contributed by atoms with Gasteiger partial charge < -0.3 is 19.8 Å². The van der Waals surface area contributed by atoms with Crippen molar-refractivity contribution in [3.8, 4) is 23.6 Å². The highest BCUT2D eigenvalue weighted by atomic mass is 35.5. The first-order valence-corrected chi connectivity index (χ1v) is 12.9. The molecule has 8 nitrogen and oxygen atoms in total. The lowest BCUT2D eigenvalue weighted by Gasteiger charge is -2.12. The normalized spacial score (nSPS) is 8.69. The number of hydrogen-bond donors (Lipinski definition) is 2. The van der Waals surface area contributed by atoms with Crippen LogP contribution in [0.25, 0.3) is 11.3 Å². The Hall–Kier alpha value is -3.26. The summed E-state index contributed by atoms with van der Waals surface area (Å²) in [5, 5.41) is 18.4. The molecular formula is C28H34B3Cl3N6O2. The molecule has 218 valence electrons. The lowest BCUT2D eigenvalue weighted by atomic mass is 9.80. The molecule has 4 aromatic rings. The minimum absolute atomic E-state index is 0. The van der Waals surface area contributed by atoms with E-state index in [9.17, 15) is 0 Å². The zero-order valence-electron chi connectivity index (χ0n) is 23.4. The van der Waals surface area contributed by atoms with Gasteiger partial charge in [-0.25, -0.2) is 19.9 Å². The van der Waals surface area contributed by atoms with Gasteiger partial charge in [0.2, 0.25) is 10.6 Å². The van der Waals surface area contributed by atoms with Crippen LogP contribution in [0.5, 0.6) is 0 Å². The van der Waals surface area contributed by atoms with Crippen molar-refractivity contribution >= 4 is 74.2 Å². The number of nitrogens with zero attached hydrogens (tertiary/aromatic N) is 6. The minimum atomic E-state index is -1.37. The van der Waals surface area contributed by atoms with Crippen molar-refractivity contribution < 1.29 is 10.0 Å². The molecule has 0 bridgehead atoms. The lowest BCUT2D eigenvalue weighted by Crippen LogP contribution is -2.29. The Bertz CT molecular complexity index is 1270. The maximum atomic E-state index is 8.80. The predicted molar refractivity (Wildman–Crippen MR) is 182 cm³/mol. The van der Waals surface area contributed by atoms with Crippen LogP contribution in [-0.4, -0.2) is 80.8 Å². The Morgan fingerprint density at radius 3 is 1.48 bits per heavy atom. The smallest absolute Gasteiger partial charge is 0.423 e. The van der Waals surface area contributed by atoms with Crippen LogP contribution in [0, 0.1) is 12.3 Å². The van der Waals surface area contributed by atoms with E-state index in [1.807, 2.05) is 75.6 Å². The summed E-state index contributed by atoms with van der Waals surface area (Å²) in [4.78, 5) is 19.2. The van der Waals surface area contributed by atoms with Gasteiger partial charge in [0.15, 0.2) is 0 Å². The predicted octanol–water partition coefficient (Wildman–Crippen LogP) is 4.59. The fourth-order valence-corrected chi connectivity index (χ4v) is 3.16. The summed E-state index contributed by atoms with van der Waals surface area (Å²) >= 11 is 16.5. The van der Waals surface area contributed by atoms with Crippen molar-refractivity contribution in [3.05, 3.63) is 88.8 Å². The second-order valence-electron chi connectivity index (χ2n) is 7.95. The van der Waals surface area contributed by atoms with Gasteiger partial charge in [-0.15, -0.1) is 12.3 Å². The van der Waals surface area contributed by atoms with Crippen LogP contribution in [0.15, 0.2) is 73.1 Å². The molecule has 0 saturated heterocycles. The average Bonchev–Trinajstić information content (AvgIpc) is 2.95. The third-order valence-electron chi connectivity index (χ3n) is 4.61. The molecule has 2 N–H and O–H groups in total. The lowest BCUT2D eigenvalue weighted by molar-refractivity contribution is 0.426. The number of hydrogen-bond acceptors (Lipinski definition) is 8. The summed E-state index contributed by atoms with van der Waals surface area (Å²) in [6.45, 7) is 1.65. The first-order chi connectivity index (χ1) is 19.5. The Labute approximate surface area is 268 Å². The number of aromatic nitrogens is 4. The van der Waals surface area contributed by atoms with E-state index in [1.54, 1.807) is 31.3 Å². The summed E-state index contributed by atoms with van der Waals surface area (Å²) in [5.74, 6) is 2.25. The van der Waals surface area contributed by atoms with E-state index >= 15 is 0 Å². The molecule has 4 radical (unpaired) electrons. The van der Waals surface area contributed by atoms with Gasteiger partial charge in [-0.05, 0) is 72.0 Å². The van der Waals surface area contributed by atoms with E-state index in [-0.39, 0.29) is 18.0 Å². The molecule has 2 aromatic heterocycles. The highest BCUT2D eigenvalue weighted by Crippen LogP contribution is 2.21. The van der Waals surface area contributed by atoms with Crippen LogP contribution in [0.4, 0.5) is 11.4 Å². The molecule has 0 amide bonds. The van der Waals surface area contributed by atoms with E-state index in [2.05, 4.69) is 52.7 Å². The Morgan fingerprint density at radius 1 is 0.738 bits per heavy atom. The van der Waals surface area contributed by atoms with Gasteiger partial charge in [0.05, 0.1) is 5.69 Å². The molecule has 2 aromatic carbocycles. The van der Waals surface area contributed by atoms with Gasteiger partial charge in [-0.1, -0.05) is 43.3 Å². The summed E-state index contributed by atoms with van der Waals surface area (Å²) in [6, 6.07) is 18.6. The first kappa shape index (κ1) is 40.9. The number of rotatable bonds is 4. The standard InChI is InChI=1S/C12H12ClN3.C8H12BNO2.C4H2Cl2N2.C3H4.CH4.B2/c1-16(2)10-5-3-9(4-6-10)11-7-8-14-12(13)15-11;1-10(2)8-5-3-7(4-6-8)9(11)12;5-3-1-2-7-4(6)8-3;1-3-2;;1-2/h3-8H,1-2H3;3-6,11-12H,1-2H3;1-2H;1H,2H3;1H4;. The molecule has 0 saturated carbocycles. The third-order valence-corrected chi connectivity index (χ3v) is 5.18. The summed E-state index contributed by atoms with van der Waals surface area (Å²) in [6.07, 6.45) is 7.75. The van der Waals surface area contributed by atoms with E-state index in [0.717, 1.165) is 22.6 Å². The van der Waals surface area contributed by atoms with Crippen LogP contribution in [0.2, 0.25) is 15.7 Å². The van der Waals surface area contributed by atoms with E-state index in [4.69, 9.17) is 44.9 Å². The molecule has 0 aliphatic carbocycles. The molecule has 0 aliphatic heterocycles. The van der Waals surface area contributed by atoms with Crippen LogP contribution in [-0.2, 0) is 0 Å². The highest BCUT2D eigenvalue weighted by molar-refractivity contribution is 6.75. The Balaban J connectivity index is 0. The quantitative estimate of drug-likeness (QED) is 0.147. The van der Waals surface area contributed by atoms with Crippen LogP contribution >= 0.6 is 34.8 Å². The van der Waals surface area contributed by atoms with Gasteiger partial charge in [0, 0.05) is 73.0 Å². The van der Waals surface area contributed by atoms with Crippen molar-refractivity contribution in [1.82, 2.24) is 19.9 Å². The second kappa shape index (κ2) is 23.3. The van der Waals surface area contributed by atoms with Gasteiger partial charge in [-0.2, -0.15) is 0 Å². The Morgan fingerprint density at radius 2 is 1.14 bits per heavy atom. The summed E-state index contributed by atoms with van der Waals surface area (Å²) in [5.41, 5.74) is 4.59. The Kier molecular flexibility index (Phi) is 22.7. The largest absolute Gasteiger partial charge is 0.488 e. The monoisotopic (exact) mass is 624 g/mol. The first-order valence-electron chi connectivity index (χ1n) is 11.7. The van der Waals surface area contributed by atoms with Crippen molar-refractivity contribution in [3.63, 3.8) is 0 Å². The SMILES string of the molecule is C.C#CC.CN(C)c1ccc(-c2ccnc(Cl)n2)cc1.CN(C)c1ccc(B(O)O)cc1.Clc1ccnc(Cl)n1.[B][B]. The molecule has 4 rings (SSSR count). The zero-order chi connectivity index (χ0) is 31.4. The molecule has 0 aliphatic rings.